The zero-order valence-corrected chi connectivity index (χ0v) is 22.2. The van der Waals surface area contributed by atoms with Crippen LogP contribution in [0.25, 0.3) is 0 Å². The van der Waals surface area contributed by atoms with Gasteiger partial charge in [0.25, 0.3) is 0 Å². The molecule has 6 rings (SSSR count). The van der Waals surface area contributed by atoms with E-state index in [0.717, 1.165) is 11.1 Å². The van der Waals surface area contributed by atoms with E-state index >= 15 is 0 Å². The number of nitrogens with zero attached hydrogens (tertiary/aromatic N) is 2. The molecule has 9 heteroatoms. The van der Waals surface area contributed by atoms with Crippen molar-refractivity contribution in [1.82, 2.24) is 9.80 Å². The minimum atomic E-state index is -0.958. The second kappa shape index (κ2) is 9.89. The molecule has 204 valence electrons. The molecule has 0 saturated carbocycles. The molecule has 0 radical (unpaired) electrons. The van der Waals surface area contributed by atoms with E-state index in [9.17, 15) is 14.4 Å². The summed E-state index contributed by atoms with van der Waals surface area (Å²) in [5.74, 6) is -3.29. The van der Waals surface area contributed by atoms with E-state index in [1.807, 2.05) is 85.5 Å². The summed E-state index contributed by atoms with van der Waals surface area (Å²) in [4.78, 5) is 44.6. The van der Waals surface area contributed by atoms with Crippen molar-refractivity contribution in [2.75, 3.05) is 6.61 Å². The van der Waals surface area contributed by atoms with E-state index in [1.165, 1.54) is 4.90 Å². The van der Waals surface area contributed by atoms with Gasteiger partial charge in [-0.25, -0.2) is 0 Å². The molecule has 39 heavy (non-hydrogen) atoms. The lowest BCUT2D eigenvalue weighted by Crippen LogP contribution is -2.48. The summed E-state index contributed by atoms with van der Waals surface area (Å²) >= 11 is 0. The molecule has 0 N–H and O–H groups in total. The Morgan fingerprint density at radius 1 is 0.897 bits per heavy atom. The van der Waals surface area contributed by atoms with Gasteiger partial charge in [0.1, 0.15) is 17.9 Å². The molecular formula is C30H32N2O7. The van der Waals surface area contributed by atoms with Gasteiger partial charge in [0, 0.05) is 6.54 Å². The molecule has 4 heterocycles. The highest BCUT2D eigenvalue weighted by atomic mass is 16.8. The SMILES string of the molecule is CCOC(=O)[C@@H]1[C@@H]2C(=O)N(Cc3ccccc3)C(=O)[C@@H]2[C@@H](C2=C[C@H]3OC(C)(C)O[C@H]3O2)N1Cc1ccccc1. The lowest BCUT2D eigenvalue weighted by molar-refractivity contribution is -0.184. The van der Waals surface area contributed by atoms with Crippen LogP contribution in [0.15, 0.2) is 72.5 Å². The third-order valence-electron chi connectivity index (χ3n) is 7.76. The number of benzene rings is 2. The lowest BCUT2D eigenvalue weighted by atomic mass is 9.88. The normalized spacial score (nSPS) is 31.2. The summed E-state index contributed by atoms with van der Waals surface area (Å²) in [5.41, 5.74) is 1.77. The van der Waals surface area contributed by atoms with Gasteiger partial charge < -0.3 is 18.9 Å². The number of likely N-dealkylation sites (tertiary alicyclic amines) is 2. The van der Waals surface area contributed by atoms with Crippen LogP contribution in [0.1, 0.15) is 31.9 Å². The van der Waals surface area contributed by atoms with Crippen molar-refractivity contribution in [3.8, 4) is 0 Å². The molecule has 3 saturated heterocycles. The van der Waals surface area contributed by atoms with Gasteiger partial charge in [0.2, 0.25) is 18.1 Å². The Morgan fingerprint density at radius 3 is 2.13 bits per heavy atom. The first-order valence-corrected chi connectivity index (χ1v) is 13.4. The number of imide groups is 1. The highest BCUT2D eigenvalue weighted by Gasteiger charge is 2.66. The molecule has 0 unspecified atom stereocenters. The fraction of sp³-hybridized carbons (Fsp3) is 0.433. The maximum atomic E-state index is 14.0. The molecule has 0 aliphatic carbocycles. The van der Waals surface area contributed by atoms with Crippen LogP contribution in [-0.2, 0) is 46.4 Å². The third-order valence-corrected chi connectivity index (χ3v) is 7.76. The zero-order valence-electron chi connectivity index (χ0n) is 22.2. The van der Waals surface area contributed by atoms with Gasteiger partial charge in [-0.2, -0.15) is 0 Å². The number of hydrogen-bond acceptors (Lipinski definition) is 8. The van der Waals surface area contributed by atoms with Gasteiger partial charge in [0.15, 0.2) is 5.79 Å². The molecule has 4 aliphatic heterocycles. The second-order valence-electron chi connectivity index (χ2n) is 10.8. The lowest BCUT2D eigenvalue weighted by Gasteiger charge is -2.33. The van der Waals surface area contributed by atoms with Crippen LogP contribution in [-0.4, -0.2) is 64.5 Å². The number of fused-ring (bicyclic) bond motifs is 2. The topological polar surface area (TPSA) is 94.6 Å². The molecule has 2 aromatic rings. The molecule has 2 amide bonds. The van der Waals surface area contributed by atoms with Crippen molar-refractivity contribution >= 4 is 17.8 Å². The van der Waals surface area contributed by atoms with Crippen molar-refractivity contribution in [3.05, 3.63) is 83.6 Å². The zero-order chi connectivity index (χ0) is 27.3. The molecule has 4 aliphatic rings. The predicted octanol–water partition coefficient (Wildman–Crippen LogP) is 3.00. The number of ether oxygens (including phenoxy) is 4. The predicted molar refractivity (Wildman–Crippen MR) is 138 cm³/mol. The minimum Gasteiger partial charge on any atom is -0.465 e. The first kappa shape index (κ1) is 25.7. The first-order chi connectivity index (χ1) is 18.8. The number of carbonyl (C=O) groups excluding carboxylic acids is 3. The van der Waals surface area contributed by atoms with E-state index in [1.54, 1.807) is 6.92 Å². The Labute approximate surface area is 227 Å². The maximum Gasteiger partial charge on any atom is 0.324 e. The van der Waals surface area contributed by atoms with Crippen LogP contribution < -0.4 is 0 Å². The summed E-state index contributed by atoms with van der Waals surface area (Å²) in [6.07, 6.45) is 0.701. The van der Waals surface area contributed by atoms with E-state index in [0.29, 0.717) is 12.3 Å². The van der Waals surface area contributed by atoms with E-state index in [2.05, 4.69) is 0 Å². The van der Waals surface area contributed by atoms with Crippen molar-refractivity contribution < 1.29 is 33.3 Å². The largest absolute Gasteiger partial charge is 0.465 e. The van der Waals surface area contributed by atoms with Gasteiger partial charge in [-0.15, -0.1) is 0 Å². The Morgan fingerprint density at radius 2 is 1.51 bits per heavy atom. The van der Waals surface area contributed by atoms with Crippen LogP contribution in [0.2, 0.25) is 0 Å². The van der Waals surface area contributed by atoms with E-state index in [-0.39, 0.29) is 25.0 Å². The van der Waals surface area contributed by atoms with Gasteiger partial charge in [0.05, 0.1) is 31.0 Å². The molecule has 9 nitrogen and oxygen atoms in total. The number of carbonyl (C=O) groups is 3. The van der Waals surface area contributed by atoms with Crippen LogP contribution in [0.3, 0.4) is 0 Å². The summed E-state index contributed by atoms with van der Waals surface area (Å²) in [6.45, 7) is 5.97. The van der Waals surface area contributed by atoms with Gasteiger partial charge in [-0.05, 0) is 38.0 Å². The number of esters is 1. The van der Waals surface area contributed by atoms with E-state index in [4.69, 9.17) is 18.9 Å². The highest BCUT2D eigenvalue weighted by molar-refractivity contribution is 6.08. The average molecular weight is 533 g/mol. The molecule has 6 atom stereocenters. The minimum absolute atomic E-state index is 0.137. The van der Waals surface area contributed by atoms with Gasteiger partial charge in [-0.3, -0.25) is 24.2 Å². The van der Waals surface area contributed by atoms with Gasteiger partial charge in [-0.1, -0.05) is 60.7 Å². The monoisotopic (exact) mass is 532 g/mol. The van der Waals surface area contributed by atoms with Crippen LogP contribution in [0.4, 0.5) is 0 Å². The van der Waals surface area contributed by atoms with Crippen LogP contribution in [0, 0.1) is 11.8 Å². The molecule has 2 aromatic carbocycles. The van der Waals surface area contributed by atoms with Crippen LogP contribution in [0.5, 0.6) is 0 Å². The van der Waals surface area contributed by atoms with Crippen LogP contribution >= 0.6 is 0 Å². The summed E-state index contributed by atoms with van der Waals surface area (Å²) in [7, 11) is 0. The molecule has 3 fully saturated rings. The van der Waals surface area contributed by atoms with Crippen molar-refractivity contribution in [3.63, 3.8) is 0 Å². The van der Waals surface area contributed by atoms with E-state index < -0.39 is 48.1 Å². The second-order valence-corrected chi connectivity index (χ2v) is 10.8. The Kier molecular flexibility index (Phi) is 6.53. The third kappa shape index (κ3) is 4.54. The molecule has 0 bridgehead atoms. The standard InChI is InChI=1S/C30H32N2O7/c1-4-36-28(35)25-23-22(26(33)32(27(23)34)17-19-13-9-6-10-14-19)24(31(25)16-18-11-7-5-8-12-18)20-15-21-29(37-20)39-30(2,3)38-21/h5-15,21-25,29H,4,16-17H2,1-3H3/t21-,22+,23-,24-,25+,29-/m1/s1. The smallest absolute Gasteiger partial charge is 0.324 e. The number of rotatable bonds is 7. The Hall–Kier alpha value is -3.53. The fourth-order valence-corrected chi connectivity index (χ4v) is 6.25. The molecule has 0 spiro atoms. The molecular weight excluding hydrogens is 500 g/mol. The Bertz CT molecular complexity index is 1290. The van der Waals surface area contributed by atoms with Crippen molar-refractivity contribution in [2.24, 2.45) is 11.8 Å². The fourth-order valence-electron chi connectivity index (χ4n) is 6.25. The van der Waals surface area contributed by atoms with Crippen molar-refractivity contribution in [1.29, 1.82) is 0 Å². The quantitative estimate of drug-likeness (QED) is 0.397. The summed E-state index contributed by atoms with van der Waals surface area (Å²) in [6, 6.07) is 17.4. The van der Waals surface area contributed by atoms with Crippen molar-refractivity contribution in [2.45, 2.75) is 64.1 Å². The summed E-state index contributed by atoms with van der Waals surface area (Å²) in [5, 5.41) is 0. The molecule has 0 aromatic heterocycles. The Balaban J connectivity index is 1.41. The number of amides is 2. The van der Waals surface area contributed by atoms with Gasteiger partial charge >= 0.3 is 5.97 Å². The maximum absolute atomic E-state index is 14.0. The summed E-state index contributed by atoms with van der Waals surface area (Å²) < 4.78 is 23.6. The highest BCUT2D eigenvalue weighted by Crippen LogP contribution is 2.49. The average Bonchev–Trinajstić information content (AvgIpc) is 3.59. The number of hydrogen-bond donors (Lipinski definition) is 0. The first-order valence-electron chi connectivity index (χ1n) is 13.4.